The predicted molar refractivity (Wildman–Crippen MR) is 112 cm³/mol. The van der Waals surface area contributed by atoms with Crippen molar-refractivity contribution in [1.82, 2.24) is 14.8 Å². The summed E-state index contributed by atoms with van der Waals surface area (Å²) in [4.78, 5) is 34.3. The number of likely N-dealkylation sites (tertiary alicyclic amines) is 2. The number of hydrogen-bond donors (Lipinski definition) is 0. The van der Waals surface area contributed by atoms with Crippen LogP contribution in [-0.2, 0) is 4.79 Å². The Morgan fingerprint density at radius 3 is 2.50 bits per heavy atom. The van der Waals surface area contributed by atoms with E-state index in [0.717, 1.165) is 31.6 Å². The van der Waals surface area contributed by atoms with Crippen molar-refractivity contribution in [1.29, 1.82) is 0 Å². The number of amides is 2. The van der Waals surface area contributed by atoms with E-state index in [1.54, 1.807) is 19.4 Å². The quantitative estimate of drug-likeness (QED) is 0.785. The maximum absolute atomic E-state index is 13.0. The highest BCUT2D eigenvalue weighted by Gasteiger charge is 2.50. The van der Waals surface area contributed by atoms with E-state index in [0.29, 0.717) is 24.7 Å². The molecule has 2 amide bonds. The molecule has 0 spiro atoms. The van der Waals surface area contributed by atoms with Gasteiger partial charge in [-0.05, 0) is 49.1 Å². The molecule has 0 radical (unpaired) electrons. The molecule has 0 unspecified atom stereocenters. The molecule has 2 aliphatic heterocycles. The molecule has 5 rings (SSSR count). The van der Waals surface area contributed by atoms with E-state index in [9.17, 15) is 9.59 Å². The Hall–Kier alpha value is -2.89. The molecular formula is C24H27N3O3. The number of piperidine rings is 1. The minimum absolute atomic E-state index is 0.0190. The molecule has 2 saturated heterocycles. The number of fused-ring (bicyclic) bond motifs is 1. The summed E-state index contributed by atoms with van der Waals surface area (Å²) in [5.41, 5.74) is 1.70. The van der Waals surface area contributed by atoms with Gasteiger partial charge < -0.3 is 14.5 Å². The van der Waals surface area contributed by atoms with E-state index in [1.165, 1.54) is 5.56 Å². The molecule has 2 aromatic rings. The zero-order valence-electron chi connectivity index (χ0n) is 17.2. The van der Waals surface area contributed by atoms with Crippen LogP contribution in [-0.4, -0.2) is 59.4 Å². The summed E-state index contributed by atoms with van der Waals surface area (Å²) >= 11 is 0. The van der Waals surface area contributed by atoms with Crippen molar-refractivity contribution in [2.24, 2.45) is 11.8 Å². The molecule has 6 nitrogen and oxygen atoms in total. The van der Waals surface area contributed by atoms with E-state index in [1.807, 2.05) is 29.2 Å². The van der Waals surface area contributed by atoms with Gasteiger partial charge in [-0.3, -0.25) is 14.6 Å². The van der Waals surface area contributed by atoms with Gasteiger partial charge in [0.25, 0.3) is 5.91 Å². The molecule has 156 valence electrons. The van der Waals surface area contributed by atoms with Crippen molar-refractivity contribution in [3.8, 4) is 5.75 Å². The highest BCUT2D eigenvalue weighted by molar-refractivity contribution is 5.92. The Morgan fingerprint density at radius 2 is 1.83 bits per heavy atom. The zero-order chi connectivity index (χ0) is 20.7. The minimum atomic E-state index is -0.0190. The molecule has 1 saturated carbocycles. The van der Waals surface area contributed by atoms with Gasteiger partial charge in [0.2, 0.25) is 5.91 Å². The second-order valence-corrected chi connectivity index (χ2v) is 8.63. The first-order chi connectivity index (χ1) is 14.7. The second kappa shape index (κ2) is 7.74. The lowest BCUT2D eigenvalue weighted by Crippen LogP contribution is -2.50. The van der Waals surface area contributed by atoms with Gasteiger partial charge in [0.05, 0.1) is 7.11 Å². The van der Waals surface area contributed by atoms with Gasteiger partial charge >= 0.3 is 0 Å². The van der Waals surface area contributed by atoms with Gasteiger partial charge in [-0.2, -0.15) is 0 Å². The van der Waals surface area contributed by atoms with Crippen molar-refractivity contribution in [2.75, 3.05) is 26.7 Å². The topological polar surface area (TPSA) is 62.7 Å². The Balaban J connectivity index is 1.41. The fourth-order valence-electron chi connectivity index (χ4n) is 5.09. The van der Waals surface area contributed by atoms with E-state index < -0.39 is 0 Å². The molecule has 1 aromatic carbocycles. The van der Waals surface area contributed by atoms with Gasteiger partial charge in [-0.15, -0.1) is 0 Å². The fourth-order valence-corrected chi connectivity index (χ4v) is 5.09. The first-order valence-electron chi connectivity index (χ1n) is 10.8. The SMILES string of the molecule is COc1ccc([C@@H]2CN(C(=O)C3CC3)[C@H]3CCN(C(=O)c4ccccn4)C[C@@H]23)cc1. The molecule has 1 aliphatic carbocycles. The van der Waals surface area contributed by atoms with Crippen molar-refractivity contribution < 1.29 is 14.3 Å². The van der Waals surface area contributed by atoms with E-state index in [2.05, 4.69) is 22.0 Å². The van der Waals surface area contributed by atoms with Crippen LogP contribution in [0.2, 0.25) is 0 Å². The highest BCUT2D eigenvalue weighted by Crippen LogP contribution is 2.44. The van der Waals surface area contributed by atoms with Crippen LogP contribution in [0.4, 0.5) is 0 Å². The van der Waals surface area contributed by atoms with Crippen molar-refractivity contribution in [3.63, 3.8) is 0 Å². The van der Waals surface area contributed by atoms with Crippen LogP contribution in [0.3, 0.4) is 0 Å². The van der Waals surface area contributed by atoms with E-state index >= 15 is 0 Å². The molecule has 1 aromatic heterocycles. The van der Waals surface area contributed by atoms with Crippen molar-refractivity contribution in [3.05, 3.63) is 59.9 Å². The Labute approximate surface area is 176 Å². The molecule has 0 N–H and O–H groups in total. The number of methoxy groups -OCH3 is 1. The van der Waals surface area contributed by atoms with Crippen LogP contribution in [0.25, 0.3) is 0 Å². The van der Waals surface area contributed by atoms with E-state index in [-0.39, 0.29) is 29.7 Å². The van der Waals surface area contributed by atoms with Crippen molar-refractivity contribution >= 4 is 11.8 Å². The molecule has 3 heterocycles. The highest BCUT2D eigenvalue weighted by atomic mass is 16.5. The van der Waals surface area contributed by atoms with Crippen LogP contribution in [0, 0.1) is 11.8 Å². The summed E-state index contributed by atoms with van der Waals surface area (Å²) in [6, 6.07) is 13.8. The molecule has 3 atom stereocenters. The number of pyridine rings is 1. The first-order valence-corrected chi connectivity index (χ1v) is 10.8. The standard InChI is InChI=1S/C24H27N3O3/c1-30-18-9-7-16(8-10-18)19-15-27(23(28)17-5-6-17)22-11-13-26(14-20(19)22)24(29)21-4-2-3-12-25-21/h2-4,7-10,12,17,19-20,22H,5-6,11,13-15H2,1H3/t19-,20-,22-/m0/s1. The average molecular weight is 405 g/mol. The number of carbonyl (C=O) groups is 2. The third kappa shape index (κ3) is 3.44. The van der Waals surface area contributed by atoms with Gasteiger partial charge in [-0.1, -0.05) is 18.2 Å². The third-order valence-corrected chi connectivity index (χ3v) is 6.86. The monoisotopic (exact) mass is 405 g/mol. The second-order valence-electron chi connectivity index (χ2n) is 8.63. The van der Waals surface area contributed by atoms with Crippen LogP contribution in [0.5, 0.6) is 5.75 Å². The van der Waals surface area contributed by atoms with Gasteiger partial charge in [-0.25, -0.2) is 0 Å². The lowest BCUT2D eigenvalue weighted by Gasteiger charge is -2.39. The number of hydrogen-bond acceptors (Lipinski definition) is 4. The molecule has 3 fully saturated rings. The minimum Gasteiger partial charge on any atom is -0.497 e. The normalized spacial score (nSPS) is 25.7. The zero-order valence-corrected chi connectivity index (χ0v) is 17.2. The predicted octanol–water partition coefficient (Wildman–Crippen LogP) is 2.96. The van der Waals surface area contributed by atoms with Crippen LogP contribution < -0.4 is 4.74 Å². The maximum atomic E-state index is 13.0. The summed E-state index contributed by atoms with van der Waals surface area (Å²) < 4.78 is 5.31. The van der Waals surface area contributed by atoms with Crippen LogP contribution in [0.1, 0.15) is 41.2 Å². The van der Waals surface area contributed by atoms with Gasteiger partial charge in [0.15, 0.2) is 0 Å². The third-order valence-electron chi connectivity index (χ3n) is 6.86. The summed E-state index contributed by atoms with van der Waals surface area (Å²) in [5.74, 6) is 1.80. The summed E-state index contributed by atoms with van der Waals surface area (Å²) in [7, 11) is 1.67. The number of rotatable bonds is 4. The fraction of sp³-hybridized carbons (Fsp3) is 0.458. The van der Waals surface area contributed by atoms with Crippen LogP contribution in [0.15, 0.2) is 48.7 Å². The molecule has 0 bridgehead atoms. The lowest BCUT2D eigenvalue weighted by atomic mass is 9.81. The van der Waals surface area contributed by atoms with Gasteiger partial charge in [0, 0.05) is 49.6 Å². The number of carbonyl (C=O) groups excluding carboxylic acids is 2. The van der Waals surface area contributed by atoms with Gasteiger partial charge in [0.1, 0.15) is 11.4 Å². The summed E-state index contributed by atoms with van der Waals surface area (Å²) in [6.07, 6.45) is 4.52. The Kier molecular flexibility index (Phi) is 4.93. The molecule has 6 heteroatoms. The first kappa shape index (κ1) is 19.1. The number of ether oxygens (including phenoxy) is 1. The smallest absolute Gasteiger partial charge is 0.272 e. The number of nitrogens with zero attached hydrogens (tertiary/aromatic N) is 3. The molecule has 30 heavy (non-hydrogen) atoms. The Morgan fingerprint density at radius 1 is 1.03 bits per heavy atom. The number of benzene rings is 1. The number of aromatic nitrogens is 1. The van der Waals surface area contributed by atoms with Crippen LogP contribution >= 0.6 is 0 Å². The van der Waals surface area contributed by atoms with E-state index in [4.69, 9.17) is 4.74 Å². The molecule has 3 aliphatic rings. The summed E-state index contributed by atoms with van der Waals surface area (Å²) in [5, 5.41) is 0. The largest absolute Gasteiger partial charge is 0.497 e. The average Bonchev–Trinajstić information content (AvgIpc) is 3.59. The Bertz CT molecular complexity index is 926. The summed E-state index contributed by atoms with van der Waals surface area (Å²) in [6.45, 7) is 2.06. The lowest BCUT2D eigenvalue weighted by molar-refractivity contribution is -0.134. The molecular weight excluding hydrogens is 378 g/mol. The van der Waals surface area contributed by atoms with Crippen molar-refractivity contribution in [2.45, 2.75) is 31.2 Å². The maximum Gasteiger partial charge on any atom is 0.272 e.